The molecule has 3 N–H and O–H groups in total. The number of nitrogens with two attached hydrogens (primary N) is 1. The fourth-order valence-electron chi connectivity index (χ4n) is 1.50. The zero-order chi connectivity index (χ0) is 14.9. The fourth-order valence-corrected chi connectivity index (χ4v) is 3.79. The van der Waals surface area contributed by atoms with Crippen LogP contribution in [-0.2, 0) is 10.0 Å². The van der Waals surface area contributed by atoms with Gasteiger partial charge in [-0.2, -0.15) is 0 Å². The van der Waals surface area contributed by atoms with E-state index in [2.05, 4.69) is 20.7 Å². The van der Waals surface area contributed by atoms with Crippen LogP contribution < -0.4 is 10.5 Å². The number of hydrogen-bond acceptors (Lipinski definition) is 3. The fraction of sp³-hybridized carbons (Fsp3) is 0. The first-order valence-corrected chi connectivity index (χ1v) is 7.98. The highest BCUT2D eigenvalue weighted by Gasteiger charge is 2.19. The summed E-state index contributed by atoms with van der Waals surface area (Å²) >= 11 is 8.96. The first-order valence-electron chi connectivity index (χ1n) is 5.32. The van der Waals surface area contributed by atoms with E-state index in [9.17, 15) is 12.8 Å². The summed E-state index contributed by atoms with van der Waals surface area (Å²) in [5.74, 6) is -0.598. The Morgan fingerprint density at radius 3 is 2.60 bits per heavy atom. The minimum Gasteiger partial charge on any atom is -0.399 e. The molecule has 0 heterocycles. The Morgan fingerprint density at radius 2 is 1.90 bits per heavy atom. The van der Waals surface area contributed by atoms with Gasteiger partial charge < -0.3 is 5.73 Å². The molecule has 0 aliphatic carbocycles. The van der Waals surface area contributed by atoms with E-state index in [1.54, 1.807) is 6.07 Å². The van der Waals surface area contributed by atoms with Gasteiger partial charge in [0.15, 0.2) is 0 Å². The molecule has 0 aromatic heterocycles. The lowest BCUT2D eigenvalue weighted by molar-refractivity contribution is 0.600. The van der Waals surface area contributed by atoms with Crippen LogP contribution in [0.3, 0.4) is 0 Å². The second-order valence-corrected chi connectivity index (χ2v) is 6.83. The van der Waals surface area contributed by atoms with E-state index in [1.807, 2.05) is 0 Å². The molecule has 0 radical (unpaired) electrons. The molecular formula is C12H9BrClFN2O2S. The number of nitrogen functional groups attached to an aromatic ring is 1. The van der Waals surface area contributed by atoms with E-state index < -0.39 is 15.8 Å². The molecule has 8 heteroatoms. The van der Waals surface area contributed by atoms with E-state index in [-0.39, 0.29) is 15.6 Å². The SMILES string of the molecule is Nc1ccc(Br)c(S(=O)(=O)Nc2cc(F)ccc2Cl)c1. The number of hydrogen-bond donors (Lipinski definition) is 2. The van der Waals surface area contributed by atoms with E-state index in [0.29, 0.717) is 10.2 Å². The molecule has 106 valence electrons. The lowest BCUT2D eigenvalue weighted by Crippen LogP contribution is -2.14. The molecule has 0 saturated heterocycles. The van der Waals surface area contributed by atoms with Gasteiger partial charge in [-0.05, 0) is 52.3 Å². The standard InChI is InChI=1S/C12H9BrClFN2O2S/c13-9-3-2-8(16)6-12(9)20(18,19)17-11-5-7(15)1-4-10(11)14/h1-6,17H,16H2. The highest BCUT2D eigenvalue weighted by atomic mass is 79.9. The van der Waals surface area contributed by atoms with Gasteiger partial charge in [-0.3, -0.25) is 4.72 Å². The molecular weight excluding hydrogens is 371 g/mol. The van der Waals surface area contributed by atoms with Gasteiger partial charge in [-0.25, -0.2) is 12.8 Å². The third kappa shape index (κ3) is 3.23. The molecule has 0 fully saturated rings. The number of halogens is 3. The predicted octanol–water partition coefficient (Wildman–Crippen LogP) is 3.62. The van der Waals surface area contributed by atoms with Gasteiger partial charge in [-0.1, -0.05) is 11.6 Å². The third-order valence-corrected chi connectivity index (χ3v) is 5.11. The first kappa shape index (κ1) is 15.1. The van der Waals surface area contributed by atoms with Gasteiger partial charge >= 0.3 is 0 Å². The van der Waals surface area contributed by atoms with E-state index in [4.69, 9.17) is 17.3 Å². The van der Waals surface area contributed by atoms with Crippen LogP contribution in [0.1, 0.15) is 0 Å². The maximum absolute atomic E-state index is 13.1. The summed E-state index contributed by atoms with van der Waals surface area (Å²) in [6.45, 7) is 0. The normalized spacial score (nSPS) is 11.3. The van der Waals surface area contributed by atoms with Gasteiger partial charge in [0.2, 0.25) is 0 Å². The Morgan fingerprint density at radius 1 is 1.20 bits per heavy atom. The lowest BCUT2D eigenvalue weighted by Gasteiger charge is -2.11. The van der Waals surface area contributed by atoms with Crippen LogP contribution in [0.5, 0.6) is 0 Å². The Balaban J connectivity index is 2.46. The van der Waals surface area contributed by atoms with Crippen molar-refractivity contribution in [1.29, 1.82) is 0 Å². The van der Waals surface area contributed by atoms with Crippen LogP contribution in [-0.4, -0.2) is 8.42 Å². The number of rotatable bonds is 3. The van der Waals surface area contributed by atoms with Crippen molar-refractivity contribution in [2.45, 2.75) is 4.90 Å². The van der Waals surface area contributed by atoms with Crippen molar-refractivity contribution in [3.05, 3.63) is 51.7 Å². The molecule has 0 bridgehead atoms. The van der Waals surface area contributed by atoms with Gasteiger partial charge in [0.1, 0.15) is 10.7 Å². The number of nitrogens with one attached hydrogen (secondary N) is 1. The molecule has 0 spiro atoms. The average Bonchev–Trinajstić information content (AvgIpc) is 2.36. The molecule has 2 aromatic carbocycles. The molecule has 2 aromatic rings. The maximum atomic E-state index is 13.1. The summed E-state index contributed by atoms with van der Waals surface area (Å²) in [5, 5.41) is 0.0926. The summed E-state index contributed by atoms with van der Waals surface area (Å²) in [5.41, 5.74) is 5.82. The predicted molar refractivity (Wildman–Crippen MR) is 80.8 cm³/mol. The Labute approximate surface area is 128 Å². The van der Waals surface area contributed by atoms with Crippen LogP contribution in [0.25, 0.3) is 0 Å². The zero-order valence-corrected chi connectivity index (χ0v) is 13.1. The smallest absolute Gasteiger partial charge is 0.263 e. The van der Waals surface area contributed by atoms with E-state index in [0.717, 1.165) is 12.1 Å². The summed E-state index contributed by atoms with van der Waals surface area (Å²) in [4.78, 5) is -0.0576. The van der Waals surface area contributed by atoms with Crippen LogP contribution in [0, 0.1) is 5.82 Å². The van der Waals surface area contributed by atoms with Crippen molar-refractivity contribution in [2.75, 3.05) is 10.5 Å². The highest BCUT2D eigenvalue weighted by molar-refractivity contribution is 9.10. The molecule has 20 heavy (non-hydrogen) atoms. The lowest BCUT2D eigenvalue weighted by atomic mass is 10.3. The topological polar surface area (TPSA) is 72.2 Å². The molecule has 2 rings (SSSR count). The molecule has 0 saturated carbocycles. The Hall–Kier alpha value is -1.31. The van der Waals surface area contributed by atoms with Crippen LogP contribution in [0.4, 0.5) is 15.8 Å². The van der Waals surface area contributed by atoms with Crippen LogP contribution in [0.2, 0.25) is 5.02 Å². The van der Waals surface area contributed by atoms with E-state index in [1.165, 1.54) is 18.2 Å². The van der Waals surface area contributed by atoms with Gasteiger partial charge in [0, 0.05) is 10.2 Å². The quantitative estimate of drug-likeness (QED) is 0.800. The van der Waals surface area contributed by atoms with Crippen LogP contribution in [0.15, 0.2) is 45.8 Å². The Bertz CT molecular complexity index is 768. The van der Waals surface area contributed by atoms with Crippen LogP contribution >= 0.6 is 27.5 Å². The van der Waals surface area contributed by atoms with Crippen molar-refractivity contribution in [2.24, 2.45) is 0 Å². The van der Waals surface area contributed by atoms with E-state index >= 15 is 0 Å². The van der Waals surface area contributed by atoms with Gasteiger partial charge in [-0.15, -0.1) is 0 Å². The zero-order valence-electron chi connectivity index (χ0n) is 9.90. The summed E-state index contributed by atoms with van der Waals surface area (Å²) < 4.78 is 40.2. The molecule has 0 amide bonds. The molecule has 0 unspecified atom stereocenters. The minimum absolute atomic E-state index is 0.0407. The average molecular weight is 380 g/mol. The minimum atomic E-state index is -3.93. The van der Waals surface area contributed by atoms with Crippen molar-refractivity contribution in [3.8, 4) is 0 Å². The second-order valence-electron chi connectivity index (χ2n) is 3.92. The summed E-state index contributed by atoms with van der Waals surface area (Å²) in [6.07, 6.45) is 0. The number of sulfonamides is 1. The van der Waals surface area contributed by atoms with Crippen molar-refractivity contribution >= 4 is 48.9 Å². The largest absolute Gasteiger partial charge is 0.399 e. The molecule has 0 aliphatic rings. The summed E-state index contributed by atoms with van der Waals surface area (Å²) in [6, 6.07) is 7.76. The highest BCUT2D eigenvalue weighted by Crippen LogP contribution is 2.29. The van der Waals surface area contributed by atoms with Crippen molar-refractivity contribution < 1.29 is 12.8 Å². The Kier molecular flexibility index (Phi) is 4.22. The number of anilines is 2. The van der Waals surface area contributed by atoms with Gasteiger partial charge in [0.25, 0.3) is 10.0 Å². The third-order valence-electron chi connectivity index (χ3n) is 2.42. The monoisotopic (exact) mass is 378 g/mol. The summed E-state index contributed by atoms with van der Waals surface area (Å²) in [7, 11) is -3.93. The molecule has 0 aliphatic heterocycles. The maximum Gasteiger partial charge on any atom is 0.263 e. The van der Waals surface area contributed by atoms with Crippen molar-refractivity contribution in [3.63, 3.8) is 0 Å². The first-order chi connectivity index (χ1) is 9.29. The number of benzene rings is 2. The molecule has 0 atom stereocenters. The van der Waals surface area contributed by atoms with Gasteiger partial charge in [0.05, 0.1) is 10.7 Å². The molecule has 4 nitrogen and oxygen atoms in total. The second kappa shape index (κ2) is 5.59. The van der Waals surface area contributed by atoms with Crippen molar-refractivity contribution in [1.82, 2.24) is 0 Å².